The Labute approximate surface area is 152 Å². The maximum Gasteiger partial charge on any atom is 0.227 e. The molecule has 0 bridgehead atoms. The van der Waals surface area contributed by atoms with Crippen molar-refractivity contribution in [1.82, 2.24) is 9.80 Å². The number of rotatable bonds is 5. The van der Waals surface area contributed by atoms with Crippen LogP contribution in [0.5, 0.6) is 0 Å². The molecule has 0 radical (unpaired) electrons. The number of hydrogen-bond donors (Lipinski definition) is 0. The van der Waals surface area contributed by atoms with E-state index in [1.165, 1.54) is 32.1 Å². The monoisotopic (exact) mass is 350 g/mol. The Hall–Kier alpha value is -1.10. The summed E-state index contributed by atoms with van der Waals surface area (Å²) >= 11 is 0. The predicted octanol–water partition coefficient (Wildman–Crippen LogP) is 2.69. The molecule has 25 heavy (non-hydrogen) atoms. The molecule has 5 nitrogen and oxygen atoms in total. The lowest BCUT2D eigenvalue weighted by atomic mass is 9.87. The first-order chi connectivity index (χ1) is 12.1. The molecule has 5 heteroatoms. The van der Waals surface area contributed by atoms with Gasteiger partial charge in [0.25, 0.3) is 0 Å². The van der Waals surface area contributed by atoms with E-state index in [0.29, 0.717) is 24.8 Å². The number of amides is 2. The molecule has 0 N–H and O–H groups in total. The third-order valence-electron chi connectivity index (χ3n) is 6.30. The summed E-state index contributed by atoms with van der Waals surface area (Å²) < 4.78 is 5.41. The van der Waals surface area contributed by atoms with Gasteiger partial charge in [0.2, 0.25) is 11.8 Å². The second-order valence-corrected chi connectivity index (χ2v) is 8.31. The van der Waals surface area contributed by atoms with Crippen molar-refractivity contribution in [3.63, 3.8) is 0 Å². The van der Waals surface area contributed by atoms with Crippen molar-refractivity contribution in [2.24, 2.45) is 17.8 Å². The second-order valence-electron chi connectivity index (χ2n) is 8.31. The largest absolute Gasteiger partial charge is 0.381 e. The first-order valence-electron chi connectivity index (χ1n) is 10.2. The molecule has 0 spiro atoms. The Bertz CT molecular complexity index is 456. The van der Waals surface area contributed by atoms with E-state index in [1.807, 2.05) is 16.8 Å². The SMILES string of the molecule is CN(CC1CCOCC1)C(=O)[C@H]1CCC(=O)N(CC2CCCCC2)C1. The average Bonchev–Trinajstić information content (AvgIpc) is 2.64. The van der Waals surface area contributed by atoms with Crippen molar-refractivity contribution in [2.45, 2.75) is 57.8 Å². The van der Waals surface area contributed by atoms with Gasteiger partial charge < -0.3 is 14.5 Å². The molecule has 3 rings (SSSR count). The Kier molecular flexibility index (Phi) is 6.74. The van der Waals surface area contributed by atoms with Crippen LogP contribution in [-0.4, -0.2) is 61.5 Å². The van der Waals surface area contributed by atoms with Gasteiger partial charge in [-0.2, -0.15) is 0 Å². The number of nitrogens with zero attached hydrogens (tertiary/aromatic N) is 2. The van der Waals surface area contributed by atoms with Gasteiger partial charge in [0.15, 0.2) is 0 Å². The maximum atomic E-state index is 12.9. The average molecular weight is 351 g/mol. The van der Waals surface area contributed by atoms with Crippen LogP contribution in [0.25, 0.3) is 0 Å². The zero-order chi connectivity index (χ0) is 17.6. The molecule has 2 aliphatic heterocycles. The summed E-state index contributed by atoms with van der Waals surface area (Å²) in [7, 11) is 1.93. The van der Waals surface area contributed by atoms with Gasteiger partial charge in [-0.05, 0) is 43.9 Å². The van der Waals surface area contributed by atoms with Crippen molar-refractivity contribution in [3.05, 3.63) is 0 Å². The topological polar surface area (TPSA) is 49.9 Å². The predicted molar refractivity (Wildman–Crippen MR) is 97.1 cm³/mol. The van der Waals surface area contributed by atoms with Crippen LogP contribution in [0.3, 0.4) is 0 Å². The summed E-state index contributed by atoms with van der Waals surface area (Å²) in [5, 5.41) is 0. The third-order valence-corrected chi connectivity index (χ3v) is 6.30. The lowest BCUT2D eigenvalue weighted by Gasteiger charge is -2.37. The van der Waals surface area contributed by atoms with Crippen molar-refractivity contribution in [2.75, 3.05) is 39.9 Å². The zero-order valence-corrected chi connectivity index (χ0v) is 15.8. The summed E-state index contributed by atoms with van der Waals surface area (Å²) in [6, 6.07) is 0. The first kappa shape index (κ1) is 18.7. The number of carbonyl (C=O) groups excluding carboxylic acids is 2. The number of carbonyl (C=O) groups is 2. The smallest absolute Gasteiger partial charge is 0.227 e. The van der Waals surface area contributed by atoms with E-state index >= 15 is 0 Å². The van der Waals surface area contributed by atoms with Crippen LogP contribution < -0.4 is 0 Å². The molecule has 2 amide bonds. The van der Waals surface area contributed by atoms with Crippen LogP contribution in [0.4, 0.5) is 0 Å². The number of piperidine rings is 1. The van der Waals surface area contributed by atoms with E-state index in [0.717, 1.165) is 45.6 Å². The van der Waals surface area contributed by atoms with E-state index in [-0.39, 0.29) is 17.7 Å². The van der Waals surface area contributed by atoms with Crippen molar-refractivity contribution in [3.8, 4) is 0 Å². The highest BCUT2D eigenvalue weighted by atomic mass is 16.5. The summed E-state index contributed by atoms with van der Waals surface area (Å²) in [6.45, 7) is 3.97. The lowest BCUT2D eigenvalue weighted by Crippen LogP contribution is -2.48. The molecule has 2 saturated heterocycles. The Morgan fingerprint density at radius 3 is 2.52 bits per heavy atom. The molecule has 1 atom stereocenters. The molecule has 0 aromatic heterocycles. The van der Waals surface area contributed by atoms with Crippen LogP contribution in [0, 0.1) is 17.8 Å². The number of ether oxygens (including phenoxy) is 1. The van der Waals surface area contributed by atoms with Gasteiger partial charge in [0.1, 0.15) is 0 Å². The molecule has 2 heterocycles. The standard InChI is InChI=1S/C20H34N2O3/c1-21(13-17-9-11-25-12-10-17)20(24)18-7-8-19(23)22(15-18)14-16-5-3-2-4-6-16/h16-18H,2-15H2,1H3/t18-/m0/s1. The fraction of sp³-hybridized carbons (Fsp3) is 0.900. The van der Waals surface area contributed by atoms with Gasteiger partial charge in [0.05, 0.1) is 5.92 Å². The fourth-order valence-corrected chi connectivity index (χ4v) is 4.69. The van der Waals surface area contributed by atoms with Gasteiger partial charge in [-0.15, -0.1) is 0 Å². The highest BCUT2D eigenvalue weighted by molar-refractivity contribution is 5.83. The Morgan fingerprint density at radius 1 is 1.08 bits per heavy atom. The highest BCUT2D eigenvalue weighted by Crippen LogP contribution is 2.27. The molecule has 0 aromatic rings. The van der Waals surface area contributed by atoms with Gasteiger partial charge in [-0.3, -0.25) is 9.59 Å². The van der Waals surface area contributed by atoms with Crippen molar-refractivity contribution < 1.29 is 14.3 Å². The van der Waals surface area contributed by atoms with E-state index in [2.05, 4.69) is 0 Å². The molecule has 3 aliphatic rings. The van der Waals surface area contributed by atoms with Crippen molar-refractivity contribution in [1.29, 1.82) is 0 Å². The lowest BCUT2D eigenvalue weighted by molar-refractivity contribution is -0.143. The Morgan fingerprint density at radius 2 is 1.80 bits per heavy atom. The molecule has 0 aromatic carbocycles. The third kappa shape index (κ3) is 5.19. The molecule has 1 aliphatic carbocycles. The van der Waals surface area contributed by atoms with E-state index in [9.17, 15) is 9.59 Å². The minimum atomic E-state index is -0.00821. The van der Waals surface area contributed by atoms with Crippen molar-refractivity contribution >= 4 is 11.8 Å². The van der Waals surface area contributed by atoms with Gasteiger partial charge >= 0.3 is 0 Å². The van der Waals surface area contributed by atoms with Crippen LogP contribution in [0.15, 0.2) is 0 Å². The first-order valence-corrected chi connectivity index (χ1v) is 10.2. The zero-order valence-electron chi connectivity index (χ0n) is 15.8. The minimum absolute atomic E-state index is 0.00821. The minimum Gasteiger partial charge on any atom is -0.381 e. The summed E-state index contributed by atoms with van der Waals surface area (Å²) in [5.41, 5.74) is 0. The molecule has 3 fully saturated rings. The summed E-state index contributed by atoms with van der Waals surface area (Å²) in [4.78, 5) is 29.1. The van der Waals surface area contributed by atoms with Crippen LogP contribution in [0.1, 0.15) is 57.8 Å². The van der Waals surface area contributed by atoms with Gasteiger partial charge in [-0.25, -0.2) is 0 Å². The fourth-order valence-electron chi connectivity index (χ4n) is 4.69. The molecule has 142 valence electrons. The van der Waals surface area contributed by atoms with Crippen LogP contribution in [-0.2, 0) is 14.3 Å². The summed E-state index contributed by atoms with van der Waals surface area (Å²) in [6.07, 6.45) is 9.76. The van der Waals surface area contributed by atoms with Gasteiger partial charge in [-0.1, -0.05) is 19.3 Å². The normalized spacial score (nSPS) is 26.7. The maximum absolute atomic E-state index is 12.9. The number of likely N-dealkylation sites (tertiary alicyclic amines) is 1. The number of hydrogen-bond acceptors (Lipinski definition) is 3. The van der Waals surface area contributed by atoms with E-state index in [4.69, 9.17) is 4.74 Å². The van der Waals surface area contributed by atoms with Gasteiger partial charge in [0, 0.05) is 46.3 Å². The van der Waals surface area contributed by atoms with Crippen LogP contribution >= 0.6 is 0 Å². The highest BCUT2D eigenvalue weighted by Gasteiger charge is 2.33. The second kappa shape index (κ2) is 9.02. The summed E-state index contributed by atoms with van der Waals surface area (Å²) in [5.74, 6) is 1.68. The molecule has 0 unspecified atom stereocenters. The molecular formula is C20H34N2O3. The van der Waals surface area contributed by atoms with E-state index < -0.39 is 0 Å². The quantitative estimate of drug-likeness (QED) is 0.766. The van der Waals surface area contributed by atoms with E-state index in [1.54, 1.807) is 0 Å². The molecule has 1 saturated carbocycles. The Balaban J connectivity index is 1.50. The molecular weight excluding hydrogens is 316 g/mol. The van der Waals surface area contributed by atoms with Crippen LogP contribution in [0.2, 0.25) is 0 Å².